The van der Waals surface area contributed by atoms with Crippen molar-refractivity contribution >= 4 is 27.6 Å². The largest absolute Gasteiger partial charge is 0.462 e. The fourth-order valence-corrected chi connectivity index (χ4v) is 5.21. The van der Waals surface area contributed by atoms with Crippen LogP contribution in [0.3, 0.4) is 0 Å². The molecule has 0 atom stereocenters. The molecule has 0 bridgehead atoms. The number of rotatable bonds is 11. The number of hydrogen-bond donors (Lipinski definition) is 2. The summed E-state index contributed by atoms with van der Waals surface area (Å²) in [5.74, 6) is -0.528. The van der Waals surface area contributed by atoms with Crippen LogP contribution < -0.4 is 10.0 Å². The van der Waals surface area contributed by atoms with Gasteiger partial charge in [0, 0.05) is 18.2 Å². The molecule has 3 rings (SSSR count). The van der Waals surface area contributed by atoms with Crippen LogP contribution in [0.25, 0.3) is 0 Å². The second kappa shape index (κ2) is 12.7. The summed E-state index contributed by atoms with van der Waals surface area (Å²) in [5, 5.41) is 2.81. The Morgan fingerprint density at radius 2 is 1.65 bits per heavy atom. The van der Waals surface area contributed by atoms with Crippen LogP contribution in [0.4, 0.5) is 5.69 Å². The Balaban J connectivity index is 1.46. The van der Waals surface area contributed by atoms with Crippen molar-refractivity contribution in [1.29, 1.82) is 0 Å². The molecule has 8 heteroatoms. The summed E-state index contributed by atoms with van der Waals surface area (Å²) in [5.41, 5.74) is 1.93. The highest BCUT2D eigenvalue weighted by molar-refractivity contribution is 7.89. The summed E-state index contributed by atoms with van der Waals surface area (Å²) < 4.78 is 33.2. The first kappa shape index (κ1) is 25.9. The summed E-state index contributed by atoms with van der Waals surface area (Å²) in [4.78, 5) is 24.5. The van der Waals surface area contributed by atoms with E-state index in [1.807, 2.05) is 6.92 Å². The van der Waals surface area contributed by atoms with Crippen LogP contribution in [0.5, 0.6) is 0 Å². The normalized spacial score (nSPS) is 14.5. The van der Waals surface area contributed by atoms with E-state index in [1.54, 1.807) is 48.5 Å². The number of nitrogens with one attached hydrogen (secondary N) is 2. The third-order valence-electron chi connectivity index (χ3n) is 5.94. The van der Waals surface area contributed by atoms with E-state index in [2.05, 4.69) is 10.0 Å². The van der Waals surface area contributed by atoms with Gasteiger partial charge >= 0.3 is 5.97 Å². The smallest absolute Gasteiger partial charge is 0.338 e. The summed E-state index contributed by atoms with van der Waals surface area (Å²) in [6.45, 7) is 2.43. The minimum atomic E-state index is -3.53. The zero-order chi connectivity index (χ0) is 24.4. The Bertz CT molecular complexity index is 1040. The van der Waals surface area contributed by atoms with Gasteiger partial charge in [0.2, 0.25) is 15.9 Å². The van der Waals surface area contributed by atoms with Crippen LogP contribution in [0.1, 0.15) is 74.2 Å². The van der Waals surface area contributed by atoms with Gasteiger partial charge < -0.3 is 10.1 Å². The molecule has 0 radical (unpaired) electrons. The number of amides is 1. The van der Waals surface area contributed by atoms with Crippen LogP contribution in [0.15, 0.2) is 53.4 Å². The maximum atomic E-state index is 12.6. The van der Waals surface area contributed by atoms with Crippen molar-refractivity contribution in [2.75, 3.05) is 11.9 Å². The van der Waals surface area contributed by atoms with Crippen molar-refractivity contribution in [1.82, 2.24) is 4.72 Å². The van der Waals surface area contributed by atoms with Gasteiger partial charge in [0.15, 0.2) is 0 Å². The lowest BCUT2D eigenvalue weighted by Gasteiger charge is -2.22. The van der Waals surface area contributed by atoms with Crippen molar-refractivity contribution in [2.24, 2.45) is 0 Å². The molecule has 0 saturated heterocycles. The Morgan fingerprint density at radius 3 is 2.29 bits per heavy atom. The zero-order valence-corrected chi connectivity index (χ0v) is 20.5. The van der Waals surface area contributed by atoms with Crippen LogP contribution in [-0.2, 0) is 26.0 Å². The van der Waals surface area contributed by atoms with Gasteiger partial charge in [-0.25, -0.2) is 17.9 Å². The SMILES string of the molecule is CCCCOC(=O)c1ccc(NC(=O)CCc2ccc(S(=O)(=O)NC3CCCCC3)cc2)cc1. The standard InChI is InChI=1S/C26H34N2O5S/c1-2-3-19-33-26(30)21-12-14-22(15-13-21)27-25(29)18-11-20-9-16-24(17-10-20)34(31,32)28-23-7-5-4-6-8-23/h9-10,12-17,23,28H,2-8,11,18-19H2,1H3,(H,27,29). The topological polar surface area (TPSA) is 102 Å². The minimum Gasteiger partial charge on any atom is -0.462 e. The highest BCUT2D eigenvalue weighted by atomic mass is 32.2. The van der Waals surface area contributed by atoms with Crippen LogP contribution in [-0.4, -0.2) is 32.9 Å². The first-order valence-electron chi connectivity index (χ1n) is 12.1. The molecule has 0 spiro atoms. The Hall–Kier alpha value is -2.71. The number of benzene rings is 2. The molecule has 2 aromatic rings. The van der Waals surface area contributed by atoms with Gasteiger partial charge in [0.25, 0.3) is 0 Å². The van der Waals surface area contributed by atoms with E-state index in [0.29, 0.717) is 24.3 Å². The third-order valence-corrected chi connectivity index (χ3v) is 7.47. The molecule has 1 aliphatic carbocycles. The number of anilines is 1. The van der Waals surface area contributed by atoms with E-state index in [9.17, 15) is 18.0 Å². The van der Waals surface area contributed by atoms with Crippen molar-refractivity contribution in [3.8, 4) is 0 Å². The highest BCUT2D eigenvalue weighted by Crippen LogP contribution is 2.20. The van der Waals surface area contributed by atoms with E-state index in [1.165, 1.54) is 6.42 Å². The number of aryl methyl sites for hydroxylation is 1. The molecule has 1 amide bonds. The first-order valence-corrected chi connectivity index (χ1v) is 13.5. The monoisotopic (exact) mass is 486 g/mol. The quantitative estimate of drug-likeness (QED) is 0.350. The fraction of sp³-hybridized carbons (Fsp3) is 0.462. The summed E-state index contributed by atoms with van der Waals surface area (Å²) in [6, 6.07) is 13.3. The van der Waals surface area contributed by atoms with E-state index >= 15 is 0 Å². The third kappa shape index (κ3) is 7.95. The molecule has 1 aliphatic rings. The number of carbonyl (C=O) groups excluding carboxylic acids is 2. The summed E-state index contributed by atoms with van der Waals surface area (Å²) in [7, 11) is -3.53. The second-order valence-electron chi connectivity index (χ2n) is 8.72. The lowest BCUT2D eigenvalue weighted by molar-refractivity contribution is -0.116. The summed E-state index contributed by atoms with van der Waals surface area (Å²) >= 11 is 0. The molecule has 0 aromatic heterocycles. The molecule has 2 aromatic carbocycles. The van der Waals surface area contributed by atoms with Gasteiger partial charge in [-0.05, 0) is 67.6 Å². The predicted molar refractivity (Wildman–Crippen MR) is 132 cm³/mol. The second-order valence-corrected chi connectivity index (χ2v) is 10.4. The maximum absolute atomic E-state index is 12.6. The number of hydrogen-bond acceptors (Lipinski definition) is 5. The van der Waals surface area contributed by atoms with Crippen molar-refractivity contribution in [3.63, 3.8) is 0 Å². The number of unbranched alkanes of at least 4 members (excludes halogenated alkanes) is 1. The maximum Gasteiger partial charge on any atom is 0.338 e. The molecule has 2 N–H and O–H groups in total. The number of ether oxygens (including phenoxy) is 1. The van der Waals surface area contributed by atoms with E-state index < -0.39 is 10.0 Å². The van der Waals surface area contributed by atoms with Crippen molar-refractivity contribution in [2.45, 2.75) is 75.6 Å². The Kier molecular flexibility index (Phi) is 9.65. The number of carbonyl (C=O) groups is 2. The average molecular weight is 487 g/mol. The Morgan fingerprint density at radius 1 is 0.971 bits per heavy atom. The van der Waals surface area contributed by atoms with Gasteiger partial charge in [0.05, 0.1) is 17.1 Å². The number of sulfonamides is 1. The highest BCUT2D eigenvalue weighted by Gasteiger charge is 2.21. The molecule has 0 aliphatic heterocycles. The van der Waals surface area contributed by atoms with E-state index in [0.717, 1.165) is 44.1 Å². The molecular formula is C26H34N2O5S. The summed E-state index contributed by atoms with van der Waals surface area (Å²) in [6.07, 6.45) is 7.59. The molecule has 7 nitrogen and oxygen atoms in total. The molecule has 0 heterocycles. The molecule has 34 heavy (non-hydrogen) atoms. The van der Waals surface area contributed by atoms with E-state index in [-0.39, 0.29) is 29.2 Å². The lowest BCUT2D eigenvalue weighted by Crippen LogP contribution is -2.36. The molecular weight excluding hydrogens is 452 g/mol. The fourth-order valence-electron chi connectivity index (χ4n) is 3.91. The molecule has 1 fully saturated rings. The van der Waals surface area contributed by atoms with Gasteiger partial charge in [-0.1, -0.05) is 44.7 Å². The van der Waals surface area contributed by atoms with Crippen LogP contribution >= 0.6 is 0 Å². The molecule has 184 valence electrons. The van der Waals surface area contributed by atoms with E-state index in [4.69, 9.17) is 4.74 Å². The minimum absolute atomic E-state index is 0.0166. The van der Waals surface area contributed by atoms with Crippen molar-refractivity contribution < 1.29 is 22.7 Å². The van der Waals surface area contributed by atoms with Gasteiger partial charge in [-0.2, -0.15) is 0 Å². The predicted octanol–water partition coefficient (Wildman–Crippen LogP) is 4.83. The van der Waals surface area contributed by atoms with Gasteiger partial charge in [-0.15, -0.1) is 0 Å². The van der Waals surface area contributed by atoms with Crippen LogP contribution in [0.2, 0.25) is 0 Å². The van der Waals surface area contributed by atoms with Gasteiger partial charge in [-0.3, -0.25) is 4.79 Å². The number of esters is 1. The lowest BCUT2D eigenvalue weighted by atomic mass is 9.96. The first-order chi connectivity index (χ1) is 16.4. The zero-order valence-electron chi connectivity index (χ0n) is 19.7. The molecule has 1 saturated carbocycles. The van der Waals surface area contributed by atoms with Crippen LogP contribution in [0, 0.1) is 0 Å². The van der Waals surface area contributed by atoms with Crippen molar-refractivity contribution in [3.05, 3.63) is 59.7 Å². The molecule has 0 unspecified atom stereocenters. The Labute approximate surface area is 202 Å². The van der Waals surface area contributed by atoms with Gasteiger partial charge in [0.1, 0.15) is 0 Å². The average Bonchev–Trinajstić information content (AvgIpc) is 2.84.